The first-order chi connectivity index (χ1) is 6.88. The minimum Gasteiger partial charge on any atom is -0.330 e. The topological polar surface area (TPSA) is 69.6 Å². The van der Waals surface area contributed by atoms with Crippen LogP contribution >= 0.6 is 11.8 Å². The molecule has 0 aliphatic rings. The number of thioether (sulfide) groups is 1. The molecule has 2 N–H and O–H groups in total. The summed E-state index contributed by atoms with van der Waals surface area (Å²) in [5.41, 5.74) is 5.41. The molecule has 0 radical (unpaired) electrons. The Labute approximate surface area is 88.4 Å². The zero-order chi connectivity index (χ0) is 10.2. The van der Waals surface area contributed by atoms with Crippen molar-refractivity contribution in [2.45, 2.75) is 32.1 Å². The van der Waals surface area contributed by atoms with E-state index in [-0.39, 0.29) is 0 Å². The van der Waals surface area contributed by atoms with Gasteiger partial charge < -0.3 is 5.73 Å². The van der Waals surface area contributed by atoms with Crippen LogP contribution in [0.1, 0.15) is 25.6 Å². The molecule has 1 rings (SSSR count). The van der Waals surface area contributed by atoms with Gasteiger partial charge in [-0.15, -0.1) is 5.10 Å². The van der Waals surface area contributed by atoms with E-state index in [0.29, 0.717) is 0 Å². The third kappa shape index (κ3) is 3.63. The maximum absolute atomic E-state index is 5.41. The molecular weight excluding hydrogens is 198 g/mol. The minimum absolute atomic E-state index is 0.757. The summed E-state index contributed by atoms with van der Waals surface area (Å²) in [4.78, 5) is 0. The van der Waals surface area contributed by atoms with Crippen LogP contribution in [-0.2, 0) is 12.3 Å². The van der Waals surface area contributed by atoms with Crippen molar-refractivity contribution in [2.24, 2.45) is 5.73 Å². The molecule has 80 valence electrons. The monoisotopic (exact) mass is 215 g/mol. The van der Waals surface area contributed by atoms with Crippen LogP contribution in [0.25, 0.3) is 0 Å². The van der Waals surface area contributed by atoms with E-state index < -0.39 is 0 Å². The lowest BCUT2D eigenvalue weighted by molar-refractivity contribution is 0.564. The van der Waals surface area contributed by atoms with Gasteiger partial charge in [-0.1, -0.05) is 6.92 Å². The molecule has 0 atom stereocenters. The molecule has 0 fully saturated rings. The Balaban J connectivity index is 2.30. The summed E-state index contributed by atoms with van der Waals surface area (Å²) >= 11 is 1.83. The van der Waals surface area contributed by atoms with Crippen LogP contribution in [0.4, 0.5) is 0 Å². The molecule has 0 aromatic carbocycles. The first-order valence-corrected chi connectivity index (χ1v) is 6.06. The molecule has 0 amide bonds. The number of aromatic nitrogens is 4. The number of aryl methyl sites for hydroxylation is 1. The highest BCUT2D eigenvalue weighted by Crippen LogP contribution is 2.09. The average molecular weight is 215 g/mol. The minimum atomic E-state index is 0.757. The molecule has 1 aromatic heterocycles. The molecule has 1 aromatic rings. The summed E-state index contributed by atoms with van der Waals surface area (Å²) < 4.78 is 1.87. The summed E-state index contributed by atoms with van der Waals surface area (Å²) in [7, 11) is 0. The van der Waals surface area contributed by atoms with E-state index >= 15 is 0 Å². The first kappa shape index (κ1) is 11.5. The third-order valence-electron chi connectivity index (χ3n) is 1.77. The molecule has 0 unspecified atom stereocenters. The second-order valence-electron chi connectivity index (χ2n) is 3.01. The second-order valence-corrected chi connectivity index (χ2v) is 4.12. The Morgan fingerprint density at radius 2 is 2.36 bits per heavy atom. The second kappa shape index (κ2) is 6.78. The lowest BCUT2D eigenvalue weighted by atomic mass is 10.5. The first-order valence-electron chi connectivity index (χ1n) is 4.91. The maximum Gasteiger partial charge on any atom is 0.161 e. The van der Waals surface area contributed by atoms with Gasteiger partial charge in [0.15, 0.2) is 5.82 Å². The molecule has 0 aliphatic heterocycles. The van der Waals surface area contributed by atoms with Gasteiger partial charge in [0, 0.05) is 6.54 Å². The molecule has 0 saturated carbocycles. The normalized spacial score (nSPS) is 10.7. The zero-order valence-corrected chi connectivity index (χ0v) is 9.33. The van der Waals surface area contributed by atoms with Crippen LogP contribution in [0.5, 0.6) is 0 Å². The van der Waals surface area contributed by atoms with Crippen LogP contribution in [0.15, 0.2) is 0 Å². The highest BCUT2D eigenvalue weighted by Gasteiger charge is 2.03. The van der Waals surface area contributed by atoms with Gasteiger partial charge in [0.25, 0.3) is 0 Å². The van der Waals surface area contributed by atoms with Gasteiger partial charge in [-0.2, -0.15) is 11.8 Å². The molecule has 0 bridgehead atoms. The van der Waals surface area contributed by atoms with E-state index in [1.165, 1.54) is 0 Å². The van der Waals surface area contributed by atoms with E-state index in [9.17, 15) is 0 Å². The fourth-order valence-electron chi connectivity index (χ4n) is 1.06. The average Bonchev–Trinajstić information content (AvgIpc) is 2.61. The molecule has 0 saturated heterocycles. The van der Waals surface area contributed by atoms with E-state index in [4.69, 9.17) is 5.73 Å². The number of tetrazole rings is 1. The Morgan fingerprint density at radius 3 is 3.07 bits per heavy atom. The molecule has 1 heterocycles. The lowest BCUT2D eigenvalue weighted by Gasteiger charge is -2.01. The molecule has 14 heavy (non-hydrogen) atoms. The summed E-state index contributed by atoms with van der Waals surface area (Å²) in [6.07, 6.45) is 2.12. The number of nitrogens with zero attached hydrogens (tertiary/aromatic N) is 4. The largest absolute Gasteiger partial charge is 0.330 e. The fourth-order valence-corrected chi connectivity index (χ4v) is 1.97. The van der Waals surface area contributed by atoms with E-state index in [1.807, 2.05) is 16.4 Å². The van der Waals surface area contributed by atoms with Crippen molar-refractivity contribution in [3.63, 3.8) is 0 Å². The summed E-state index contributed by atoms with van der Waals surface area (Å²) in [6, 6.07) is 0. The molecule has 0 aliphatic carbocycles. The number of rotatable bonds is 7. The fraction of sp³-hybridized carbons (Fsp3) is 0.875. The summed E-state index contributed by atoms with van der Waals surface area (Å²) in [6.45, 7) is 3.78. The zero-order valence-electron chi connectivity index (χ0n) is 8.52. The molecular formula is C8H17N5S. The predicted molar refractivity (Wildman–Crippen MR) is 57.9 cm³/mol. The number of nitrogens with two attached hydrogens (primary N) is 1. The van der Waals surface area contributed by atoms with E-state index in [1.54, 1.807) is 0 Å². The SMILES string of the molecule is CCCn1nnnc1CSCCCN. The molecule has 5 nitrogen and oxygen atoms in total. The summed E-state index contributed by atoms with van der Waals surface area (Å²) in [5, 5.41) is 11.6. The van der Waals surface area contributed by atoms with E-state index in [2.05, 4.69) is 22.4 Å². The van der Waals surface area contributed by atoms with Gasteiger partial charge in [0.1, 0.15) is 0 Å². The standard InChI is InChI=1S/C8H17N5S/c1-2-5-13-8(10-11-12-13)7-14-6-3-4-9/h2-7,9H2,1H3. The third-order valence-corrected chi connectivity index (χ3v) is 2.81. The van der Waals surface area contributed by atoms with Crippen molar-refractivity contribution < 1.29 is 0 Å². The van der Waals surface area contributed by atoms with Crippen LogP contribution in [0, 0.1) is 0 Å². The Kier molecular flexibility index (Phi) is 5.55. The van der Waals surface area contributed by atoms with Crippen LogP contribution in [-0.4, -0.2) is 32.5 Å². The van der Waals surface area contributed by atoms with Crippen molar-refractivity contribution in [3.05, 3.63) is 5.82 Å². The Hall–Kier alpha value is -0.620. The summed E-state index contributed by atoms with van der Waals surface area (Å²) in [5.74, 6) is 2.93. The van der Waals surface area contributed by atoms with Crippen LogP contribution in [0.2, 0.25) is 0 Å². The Morgan fingerprint density at radius 1 is 1.50 bits per heavy atom. The van der Waals surface area contributed by atoms with E-state index in [0.717, 1.165) is 43.3 Å². The number of hydrogen-bond acceptors (Lipinski definition) is 5. The number of hydrogen-bond donors (Lipinski definition) is 1. The van der Waals surface area contributed by atoms with Gasteiger partial charge in [0.05, 0.1) is 5.75 Å². The van der Waals surface area contributed by atoms with Crippen molar-refractivity contribution in [1.82, 2.24) is 20.2 Å². The van der Waals surface area contributed by atoms with Crippen molar-refractivity contribution in [1.29, 1.82) is 0 Å². The smallest absolute Gasteiger partial charge is 0.161 e. The van der Waals surface area contributed by atoms with Crippen LogP contribution < -0.4 is 5.73 Å². The Bertz CT molecular complexity index is 250. The van der Waals surface area contributed by atoms with Gasteiger partial charge in [0.2, 0.25) is 0 Å². The quantitative estimate of drug-likeness (QED) is 0.677. The van der Waals surface area contributed by atoms with Crippen LogP contribution in [0.3, 0.4) is 0 Å². The van der Waals surface area contributed by atoms with Gasteiger partial charge in [-0.25, -0.2) is 4.68 Å². The van der Waals surface area contributed by atoms with Gasteiger partial charge >= 0.3 is 0 Å². The van der Waals surface area contributed by atoms with Gasteiger partial charge in [-0.05, 0) is 35.6 Å². The highest BCUT2D eigenvalue weighted by molar-refractivity contribution is 7.98. The predicted octanol–water partition coefficient (Wildman–Crippen LogP) is 0.665. The van der Waals surface area contributed by atoms with Gasteiger partial charge in [-0.3, -0.25) is 0 Å². The van der Waals surface area contributed by atoms with Crippen molar-refractivity contribution in [2.75, 3.05) is 12.3 Å². The van der Waals surface area contributed by atoms with Crippen molar-refractivity contribution in [3.8, 4) is 0 Å². The maximum atomic E-state index is 5.41. The lowest BCUT2D eigenvalue weighted by Crippen LogP contribution is -2.05. The molecule has 6 heteroatoms. The molecule has 0 spiro atoms. The van der Waals surface area contributed by atoms with Crippen molar-refractivity contribution >= 4 is 11.8 Å². The highest BCUT2D eigenvalue weighted by atomic mass is 32.2.